The van der Waals surface area contributed by atoms with E-state index in [1.54, 1.807) is 0 Å². The van der Waals surface area contributed by atoms with Crippen LogP contribution in [0.15, 0.2) is 315 Å². The van der Waals surface area contributed by atoms with Gasteiger partial charge in [0.05, 0.1) is 191 Å². The van der Waals surface area contributed by atoms with E-state index < -0.39 is 0 Å². The highest BCUT2D eigenvalue weighted by molar-refractivity contribution is 8.04. The van der Waals surface area contributed by atoms with E-state index >= 15 is 0 Å². The van der Waals surface area contributed by atoms with Crippen molar-refractivity contribution >= 4 is 126 Å². The number of pyridine rings is 4. The predicted molar refractivity (Wildman–Crippen MR) is 550 cm³/mol. The number of quaternary nitrogens is 4. The Balaban J connectivity index is 0.000000146. The number of ether oxygens (including phenoxy) is 1. The fourth-order valence-electron chi connectivity index (χ4n) is 16.2. The molecule has 13 nitrogen and oxygen atoms in total. The molecule has 666 valence electrons. The molecular formula is C112H142N12OS3+8. The van der Waals surface area contributed by atoms with Crippen LogP contribution in [-0.4, -0.2) is 152 Å². The van der Waals surface area contributed by atoms with Crippen molar-refractivity contribution in [3.63, 3.8) is 0 Å². The van der Waals surface area contributed by atoms with Crippen LogP contribution in [0.3, 0.4) is 0 Å². The van der Waals surface area contributed by atoms with Crippen molar-refractivity contribution in [2.45, 2.75) is 159 Å². The monoisotopic (exact) mass is 1770 g/mol. The highest BCUT2D eigenvalue weighted by atomic mass is 32.2. The molecule has 0 saturated carbocycles. The van der Waals surface area contributed by atoms with Gasteiger partial charge in [0.1, 0.15) is 0 Å². The summed E-state index contributed by atoms with van der Waals surface area (Å²) in [5, 5.41) is 8.93. The fraction of sp³-hybridized carbons (Fsp3) is 0.339. The Morgan fingerprint density at radius 1 is 0.328 bits per heavy atom. The highest BCUT2D eigenvalue weighted by Crippen LogP contribution is 2.48. The second kappa shape index (κ2) is 41.5. The molecule has 0 saturated heterocycles. The van der Waals surface area contributed by atoms with Gasteiger partial charge in [0, 0.05) is 97.5 Å². The summed E-state index contributed by atoms with van der Waals surface area (Å²) in [6.45, 7) is 32.0. The average Bonchev–Trinajstić information content (AvgIpc) is 1.65. The maximum atomic E-state index is 6.11. The van der Waals surface area contributed by atoms with Crippen LogP contribution in [0.5, 0.6) is 5.75 Å². The third-order valence-corrected chi connectivity index (χ3v) is 31.2. The molecule has 4 aromatic heterocycles. The van der Waals surface area contributed by atoms with E-state index in [-0.39, 0.29) is 11.1 Å². The van der Waals surface area contributed by atoms with Gasteiger partial charge in [0.15, 0.2) is 56.7 Å². The van der Waals surface area contributed by atoms with Crippen LogP contribution in [0.1, 0.15) is 117 Å². The van der Waals surface area contributed by atoms with Gasteiger partial charge in [0.2, 0.25) is 27.9 Å². The fourth-order valence-corrected chi connectivity index (χ4v) is 19.4. The Hall–Kier alpha value is -10.5. The molecule has 0 unspecified atom stereocenters. The number of nitrogens with zero attached hydrogens (tertiary/aromatic N) is 12. The normalized spacial score (nSPS) is 15.5. The van der Waals surface area contributed by atoms with Gasteiger partial charge in [-0.15, -0.1) is 0 Å². The first-order valence-corrected chi connectivity index (χ1v) is 48.4. The number of allylic oxidation sites excluding steroid dienone is 6. The molecule has 0 spiro atoms. The van der Waals surface area contributed by atoms with Crippen LogP contribution in [0.2, 0.25) is 0 Å². The third kappa shape index (κ3) is 22.8. The quantitative estimate of drug-likeness (QED) is 0.0318. The van der Waals surface area contributed by atoms with Gasteiger partial charge in [-0.2, -0.15) is 18.3 Å². The molecule has 12 aromatic rings. The van der Waals surface area contributed by atoms with E-state index in [4.69, 9.17) is 4.74 Å². The predicted octanol–water partition coefficient (Wildman–Crippen LogP) is 23.9. The summed E-state index contributed by atoms with van der Waals surface area (Å²) in [6, 6.07) is 79.1. The van der Waals surface area contributed by atoms with Crippen molar-refractivity contribution in [2.75, 3.05) is 130 Å². The lowest BCUT2D eigenvalue weighted by Crippen LogP contribution is -2.55. The molecule has 128 heavy (non-hydrogen) atoms. The Kier molecular flexibility index (Phi) is 30.8. The number of rotatable bonds is 25. The second-order valence-electron chi connectivity index (χ2n) is 39.3. The van der Waals surface area contributed by atoms with Crippen LogP contribution in [-0.2, 0) is 26.2 Å². The number of thioether (sulfide) groups is 3. The lowest BCUT2D eigenvalue weighted by Gasteiger charge is -2.42. The standard InChI is InChI=1S/C31H39N3S.C29H37N3S.C26H33N3O.C26H33N3S/c1-31(2,3)34(5,6)24-14-22-33-23-21-25(26-16-10-11-17-27(26)33)15-8-7-9-20-30-32(4)28-18-12-13-19-29(28)35-30;1-29(2,3)32(5,6)22-12-20-31-21-19-23(24-14-7-8-15-25(24)31)13-11-18-28-30(4)26-16-9-10-17-27(26)33-28;2*1-20(2)29(4,5)18-10-16-28-17-15-21(22-11-6-7-12-23(22)28)19-26-27(3)24-13-8-9-14-25(24)30-26/h7-13,15-21,23H,14,22,24H2,1-6H3;7-11,13-19,21H,12,20,22H2,1-6H3;2*6-9,11-15,17,19-20H,10,16,18H2,1-5H3/q4*+2. The Morgan fingerprint density at radius 2 is 0.641 bits per heavy atom. The molecular weight excluding hydrogens is 1630 g/mol. The smallest absolute Gasteiger partial charge is 0.213 e. The molecule has 0 radical (unpaired) electrons. The maximum absolute atomic E-state index is 6.11. The SMILES string of the molecule is CC(C)[N+](C)(C)CCC[n+]1ccc(/C=C2\Oc3ccccc3N2C)c2ccccc21.CC(C)[N+](C)(C)CCC[n+]1ccc(/C=C2\Sc3ccccc3N2C)c2ccccc21.CN1C(=CC=CC=Cc2cc[n+](CCC[N+](C)(C)C(C)(C)C)c3ccccc23)Sc2ccccc21.CN1C(=CC=Cc2cc[n+](CCC[N+](C)(C)C(C)(C)C)c3ccccc23)Sc2ccccc21. The number of aromatic nitrogens is 4. The zero-order chi connectivity index (χ0) is 91.3. The van der Waals surface area contributed by atoms with E-state index in [2.05, 4.69) is 477 Å². The first kappa shape index (κ1) is 95.1. The van der Waals surface area contributed by atoms with Crippen molar-refractivity contribution in [1.29, 1.82) is 0 Å². The van der Waals surface area contributed by atoms with Gasteiger partial charge in [-0.25, -0.2) is 0 Å². The molecule has 0 amide bonds. The van der Waals surface area contributed by atoms with Crippen LogP contribution in [0.25, 0.3) is 67.9 Å². The van der Waals surface area contributed by atoms with Gasteiger partial charge in [-0.05, 0) is 183 Å². The number of hydrogen-bond donors (Lipinski definition) is 0. The Bertz CT molecular complexity index is 5960. The molecule has 8 heterocycles. The van der Waals surface area contributed by atoms with Crippen molar-refractivity contribution < 1.29 is 40.9 Å². The first-order chi connectivity index (χ1) is 61.1. The van der Waals surface area contributed by atoms with Gasteiger partial charge >= 0.3 is 0 Å². The van der Waals surface area contributed by atoms with Crippen LogP contribution >= 0.6 is 35.3 Å². The van der Waals surface area contributed by atoms with Crippen LogP contribution in [0, 0.1) is 0 Å². The summed E-state index contributed by atoms with van der Waals surface area (Å²) in [5.41, 5.74) is 15.6. The Labute approximate surface area is 779 Å². The minimum atomic E-state index is 0.251. The van der Waals surface area contributed by atoms with Crippen LogP contribution in [0.4, 0.5) is 22.7 Å². The molecule has 4 aliphatic rings. The molecule has 16 heteroatoms. The summed E-state index contributed by atoms with van der Waals surface area (Å²) in [7, 11) is 27.1. The minimum Gasteiger partial charge on any atom is -0.439 e. The summed E-state index contributed by atoms with van der Waals surface area (Å²) in [6.07, 6.45) is 35.5. The number of fused-ring (bicyclic) bond motifs is 8. The summed E-state index contributed by atoms with van der Waals surface area (Å²) in [4.78, 5) is 12.9. The van der Waals surface area contributed by atoms with Crippen molar-refractivity contribution in [1.82, 2.24) is 0 Å². The van der Waals surface area contributed by atoms with Gasteiger partial charge in [-0.3, -0.25) is 0 Å². The summed E-state index contributed by atoms with van der Waals surface area (Å²) >= 11 is 5.50. The number of hydrogen-bond acceptors (Lipinski definition) is 8. The van der Waals surface area contributed by atoms with Crippen LogP contribution < -0.4 is 42.6 Å². The maximum Gasteiger partial charge on any atom is 0.213 e. The zero-order valence-corrected chi connectivity index (χ0v) is 83.0. The number of para-hydroxylation sites is 9. The van der Waals surface area contributed by atoms with Crippen molar-refractivity contribution in [3.05, 3.63) is 323 Å². The lowest BCUT2D eigenvalue weighted by atomic mass is 10.0. The largest absolute Gasteiger partial charge is 0.439 e. The molecule has 0 atom stereocenters. The van der Waals surface area contributed by atoms with Gasteiger partial charge in [0.25, 0.3) is 0 Å². The van der Waals surface area contributed by atoms with E-state index in [9.17, 15) is 0 Å². The minimum absolute atomic E-state index is 0.251. The molecule has 0 N–H and O–H groups in total. The molecule has 4 aliphatic heterocycles. The van der Waals surface area contributed by atoms with Crippen molar-refractivity contribution in [2.24, 2.45) is 0 Å². The third-order valence-electron chi connectivity index (χ3n) is 27.7. The summed E-state index contributed by atoms with van der Waals surface area (Å²) in [5.74, 6) is 1.77. The van der Waals surface area contributed by atoms with Gasteiger partial charge < -0.3 is 42.3 Å². The lowest BCUT2D eigenvalue weighted by molar-refractivity contribution is -0.937. The number of anilines is 4. The van der Waals surface area contributed by atoms with E-state index in [1.807, 2.05) is 53.5 Å². The second-order valence-corrected chi connectivity index (χ2v) is 42.5. The molecule has 16 rings (SSSR count). The molecule has 0 aliphatic carbocycles. The highest BCUT2D eigenvalue weighted by Gasteiger charge is 2.34. The van der Waals surface area contributed by atoms with E-state index in [0.717, 1.165) is 93.8 Å². The molecule has 8 aromatic carbocycles. The average molecular weight is 1770 g/mol. The first-order valence-electron chi connectivity index (χ1n) is 45.9. The van der Waals surface area contributed by atoms with E-state index in [1.165, 1.54) is 132 Å². The summed E-state index contributed by atoms with van der Waals surface area (Å²) < 4.78 is 19.9. The number of benzene rings is 8. The molecule has 0 fully saturated rings. The topological polar surface area (TPSA) is 37.7 Å². The van der Waals surface area contributed by atoms with Gasteiger partial charge in [-0.1, -0.05) is 169 Å². The number of aryl methyl sites for hydroxylation is 4. The van der Waals surface area contributed by atoms with E-state index in [0.29, 0.717) is 12.1 Å². The Morgan fingerprint density at radius 3 is 1.02 bits per heavy atom. The zero-order valence-electron chi connectivity index (χ0n) is 80.5. The molecule has 0 bridgehead atoms. The van der Waals surface area contributed by atoms with Crippen molar-refractivity contribution in [3.8, 4) is 5.75 Å².